The van der Waals surface area contributed by atoms with Gasteiger partial charge in [-0.2, -0.15) is 0 Å². The second-order valence-electron chi connectivity index (χ2n) is 6.28. The zero-order valence-corrected chi connectivity index (χ0v) is 13.4. The molecule has 0 amide bonds. The van der Waals surface area contributed by atoms with Crippen LogP contribution in [0.5, 0.6) is 0 Å². The first-order valence-corrected chi connectivity index (χ1v) is 7.65. The minimum Gasteiger partial charge on any atom is -0.381 e. The zero-order chi connectivity index (χ0) is 14.0. The van der Waals surface area contributed by atoms with Gasteiger partial charge < -0.3 is 9.47 Å². The van der Waals surface area contributed by atoms with Crippen LogP contribution in [0, 0.1) is 11.3 Å². The van der Waals surface area contributed by atoms with E-state index in [4.69, 9.17) is 9.47 Å². The SMILES string of the molecule is CCCCOCC(C)(C)C(OCCCC)C(C)C. The summed E-state index contributed by atoms with van der Waals surface area (Å²) in [5.41, 5.74) is 0.0929. The van der Waals surface area contributed by atoms with Crippen molar-refractivity contribution in [3.63, 3.8) is 0 Å². The van der Waals surface area contributed by atoms with E-state index in [1.54, 1.807) is 0 Å². The van der Waals surface area contributed by atoms with Gasteiger partial charge in [0.25, 0.3) is 0 Å². The maximum atomic E-state index is 6.09. The molecule has 2 nitrogen and oxygen atoms in total. The average Bonchev–Trinajstić information content (AvgIpc) is 2.29. The predicted octanol–water partition coefficient (Wildman–Crippen LogP) is 4.67. The van der Waals surface area contributed by atoms with Crippen LogP contribution in [0.25, 0.3) is 0 Å². The molecule has 0 radical (unpaired) electrons. The van der Waals surface area contributed by atoms with Gasteiger partial charge in [-0.05, 0) is 18.8 Å². The third kappa shape index (κ3) is 7.38. The summed E-state index contributed by atoms with van der Waals surface area (Å²) >= 11 is 0. The Kier molecular flexibility index (Phi) is 9.76. The lowest BCUT2D eigenvalue weighted by molar-refractivity contribution is -0.0874. The minimum atomic E-state index is 0.0929. The van der Waals surface area contributed by atoms with Crippen molar-refractivity contribution in [2.75, 3.05) is 19.8 Å². The maximum absolute atomic E-state index is 6.09. The van der Waals surface area contributed by atoms with Crippen molar-refractivity contribution in [3.8, 4) is 0 Å². The first-order valence-electron chi connectivity index (χ1n) is 7.65. The van der Waals surface area contributed by atoms with Crippen LogP contribution >= 0.6 is 0 Å². The highest BCUT2D eigenvalue weighted by atomic mass is 16.5. The van der Waals surface area contributed by atoms with Gasteiger partial charge >= 0.3 is 0 Å². The molecule has 0 aliphatic heterocycles. The quantitative estimate of drug-likeness (QED) is 0.501. The number of rotatable bonds is 11. The molecule has 1 atom stereocenters. The summed E-state index contributed by atoms with van der Waals surface area (Å²) in [6, 6.07) is 0. The van der Waals surface area contributed by atoms with Gasteiger partial charge in [-0.1, -0.05) is 54.4 Å². The van der Waals surface area contributed by atoms with Gasteiger partial charge in [-0.25, -0.2) is 0 Å². The van der Waals surface area contributed by atoms with E-state index in [9.17, 15) is 0 Å². The molecular formula is C16H34O2. The number of ether oxygens (including phenoxy) is 2. The van der Waals surface area contributed by atoms with Gasteiger partial charge in [0, 0.05) is 18.6 Å². The Labute approximate surface area is 114 Å². The van der Waals surface area contributed by atoms with Gasteiger partial charge in [0.1, 0.15) is 0 Å². The molecule has 2 heteroatoms. The summed E-state index contributed by atoms with van der Waals surface area (Å²) in [5, 5.41) is 0. The number of hydrogen-bond donors (Lipinski definition) is 0. The van der Waals surface area contributed by atoms with Gasteiger partial charge in [0.2, 0.25) is 0 Å². The standard InChI is InChI=1S/C16H34O2/c1-7-9-11-17-13-16(5,6)15(14(3)4)18-12-10-8-2/h14-15H,7-13H2,1-6H3. The molecule has 0 aromatic carbocycles. The predicted molar refractivity (Wildman–Crippen MR) is 79.0 cm³/mol. The van der Waals surface area contributed by atoms with Crippen LogP contribution in [0.4, 0.5) is 0 Å². The van der Waals surface area contributed by atoms with Crippen LogP contribution in [0.15, 0.2) is 0 Å². The molecule has 0 N–H and O–H groups in total. The summed E-state index contributed by atoms with van der Waals surface area (Å²) in [5.74, 6) is 0.534. The van der Waals surface area contributed by atoms with E-state index >= 15 is 0 Å². The fraction of sp³-hybridized carbons (Fsp3) is 1.00. The topological polar surface area (TPSA) is 18.5 Å². The summed E-state index contributed by atoms with van der Waals surface area (Å²) in [7, 11) is 0. The first-order chi connectivity index (χ1) is 8.45. The Morgan fingerprint density at radius 2 is 1.50 bits per heavy atom. The van der Waals surface area contributed by atoms with Crippen molar-refractivity contribution in [2.45, 2.75) is 73.3 Å². The highest BCUT2D eigenvalue weighted by Crippen LogP contribution is 2.29. The van der Waals surface area contributed by atoms with E-state index in [-0.39, 0.29) is 11.5 Å². The molecule has 0 aromatic rings. The Balaban J connectivity index is 4.18. The molecule has 0 aliphatic rings. The number of hydrogen-bond acceptors (Lipinski definition) is 2. The minimum absolute atomic E-state index is 0.0929. The summed E-state index contributed by atoms with van der Waals surface area (Å²) in [6.45, 7) is 15.9. The van der Waals surface area contributed by atoms with Crippen LogP contribution < -0.4 is 0 Å². The van der Waals surface area contributed by atoms with E-state index < -0.39 is 0 Å². The highest BCUT2D eigenvalue weighted by Gasteiger charge is 2.32. The molecule has 0 aliphatic carbocycles. The lowest BCUT2D eigenvalue weighted by Gasteiger charge is -2.36. The van der Waals surface area contributed by atoms with Crippen LogP contribution in [-0.4, -0.2) is 25.9 Å². The first kappa shape index (κ1) is 17.9. The fourth-order valence-electron chi connectivity index (χ4n) is 2.34. The Hall–Kier alpha value is -0.0800. The molecule has 18 heavy (non-hydrogen) atoms. The lowest BCUT2D eigenvalue weighted by Crippen LogP contribution is -2.40. The molecule has 0 rings (SSSR count). The molecular weight excluding hydrogens is 224 g/mol. The third-order valence-electron chi connectivity index (χ3n) is 3.29. The van der Waals surface area contributed by atoms with E-state index in [0.29, 0.717) is 5.92 Å². The molecule has 0 saturated carbocycles. The molecule has 1 unspecified atom stereocenters. The molecule has 0 heterocycles. The largest absolute Gasteiger partial charge is 0.381 e. The Bertz CT molecular complexity index is 188. The van der Waals surface area contributed by atoms with Crippen molar-refractivity contribution in [3.05, 3.63) is 0 Å². The van der Waals surface area contributed by atoms with Gasteiger partial charge in [0.15, 0.2) is 0 Å². The second kappa shape index (κ2) is 9.80. The van der Waals surface area contributed by atoms with Crippen molar-refractivity contribution in [1.29, 1.82) is 0 Å². The Morgan fingerprint density at radius 3 is 2.00 bits per heavy atom. The van der Waals surface area contributed by atoms with E-state index in [0.717, 1.165) is 32.7 Å². The van der Waals surface area contributed by atoms with Crippen LogP contribution in [0.2, 0.25) is 0 Å². The van der Waals surface area contributed by atoms with Crippen LogP contribution in [0.1, 0.15) is 67.2 Å². The zero-order valence-electron chi connectivity index (χ0n) is 13.4. The summed E-state index contributed by atoms with van der Waals surface area (Å²) < 4.78 is 11.9. The molecule has 0 bridgehead atoms. The van der Waals surface area contributed by atoms with Crippen molar-refractivity contribution < 1.29 is 9.47 Å². The normalized spacial score (nSPS) is 14.2. The molecule has 0 spiro atoms. The molecule has 0 aromatic heterocycles. The molecule has 0 saturated heterocycles. The van der Waals surface area contributed by atoms with Crippen molar-refractivity contribution in [2.24, 2.45) is 11.3 Å². The van der Waals surface area contributed by atoms with E-state index in [2.05, 4.69) is 41.5 Å². The van der Waals surface area contributed by atoms with Gasteiger partial charge in [-0.3, -0.25) is 0 Å². The van der Waals surface area contributed by atoms with Crippen LogP contribution in [0.3, 0.4) is 0 Å². The third-order valence-corrected chi connectivity index (χ3v) is 3.29. The van der Waals surface area contributed by atoms with E-state index in [1.807, 2.05) is 0 Å². The van der Waals surface area contributed by atoms with E-state index in [1.165, 1.54) is 12.8 Å². The summed E-state index contributed by atoms with van der Waals surface area (Å²) in [6.07, 6.45) is 4.97. The highest BCUT2D eigenvalue weighted by molar-refractivity contribution is 4.81. The lowest BCUT2D eigenvalue weighted by atomic mass is 9.81. The molecule has 0 fully saturated rings. The van der Waals surface area contributed by atoms with Crippen LogP contribution in [-0.2, 0) is 9.47 Å². The fourth-order valence-corrected chi connectivity index (χ4v) is 2.34. The summed E-state index contributed by atoms with van der Waals surface area (Å²) in [4.78, 5) is 0. The van der Waals surface area contributed by atoms with Gasteiger partial charge in [0.05, 0.1) is 12.7 Å². The molecule has 110 valence electrons. The van der Waals surface area contributed by atoms with Crippen molar-refractivity contribution >= 4 is 0 Å². The van der Waals surface area contributed by atoms with Gasteiger partial charge in [-0.15, -0.1) is 0 Å². The monoisotopic (exact) mass is 258 g/mol. The maximum Gasteiger partial charge on any atom is 0.0670 e. The smallest absolute Gasteiger partial charge is 0.0670 e. The number of unbranched alkanes of at least 4 members (excludes halogenated alkanes) is 2. The second-order valence-corrected chi connectivity index (χ2v) is 6.28. The average molecular weight is 258 g/mol. The Morgan fingerprint density at radius 1 is 0.944 bits per heavy atom. The van der Waals surface area contributed by atoms with Crippen molar-refractivity contribution in [1.82, 2.24) is 0 Å².